The van der Waals surface area contributed by atoms with Crippen molar-refractivity contribution in [2.75, 3.05) is 20.1 Å². The topological polar surface area (TPSA) is 32.3 Å². The molecule has 0 aromatic heterocycles. The van der Waals surface area contributed by atoms with E-state index in [2.05, 4.69) is 9.62 Å². The van der Waals surface area contributed by atoms with Gasteiger partial charge in [-0.25, -0.2) is 8.51 Å². The molecule has 1 aliphatic heterocycles. The van der Waals surface area contributed by atoms with Gasteiger partial charge < -0.3 is 5.32 Å². The second-order valence-corrected chi connectivity index (χ2v) is 5.70. The third-order valence-corrected chi connectivity index (χ3v) is 4.84. The molecule has 1 atom stereocenters. The van der Waals surface area contributed by atoms with Crippen molar-refractivity contribution in [1.82, 2.24) is 9.62 Å². The van der Waals surface area contributed by atoms with Gasteiger partial charge in [0.2, 0.25) is 0 Å². The molecule has 3 nitrogen and oxygen atoms in total. The smallest absolute Gasteiger partial charge is 0.0974 e. The second kappa shape index (κ2) is 4.07. The molecule has 1 saturated heterocycles. The monoisotopic (exact) mass is 202 g/mol. The quantitative estimate of drug-likeness (QED) is 0.722. The van der Waals surface area contributed by atoms with Crippen LogP contribution in [0, 0.1) is 0 Å². The molecule has 2 fully saturated rings. The summed E-state index contributed by atoms with van der Waals surface area (Å²) in [6.45, 7) is 2.02. The van der Waals surface area contributed by atoms with Gasteiger partial charge in [0.15, 0.2) is 0 Å². The number of piperidine rings is 1. The van der Waals surface area contributed by atoms with Gasteiger partial charge in [0.05, 0.1) is 11.0 Å². The van der Waals surface area contributed by atoms with E-state index in [0.29, 0.717) is 11.3 Å². The lowest BCUT2D eigenvalue weighted by Crippen LogP contribution is -2.42. The van der Waals surface area contributed by atoms with Crippen LogP contribution >= 0.6 is 0 Å². The van der Waals surface area contributed by atoms with Crippen molar-refractivity contribution in [3.05, 3.63) is 0 Å². The Morgan fingerprint density at radius 3 is 2.31 bits per heavy atom. The van der Waals surface area contributed by atoms with Gasteiger partial charge in [0.25, 0.3) is 0 Å². The lowest BCUT2D eigenvalue weighted by atomic mass is 10.1. The van der Waals surface area contributed by atoms with E-state index >= 15 is 0 Å². The predicted octanol–water partition coefficient (Wildman–Crippen LogP) is 0.496. The maximum absolute atomic E-state index is 11.8. The highest BCUT2D eigenvalue weighted by atomic mass is 32.2. The lowest BCUT2D eigenvalue weighted by Gasteiger charge is -2.30. The first-order valence-corrected chi connectivity index (χ1v) is 6.31. The molecular weight excluding hydrogens is 184 g/mol. The van der Waals surface area contributed by atoms with Crippen LogP contribution in [0.5, 0.6) is 0 Å². The van der Waals surface area contributed by atoms with Crippen LogP contribution in [0.2, 0.25) is 0 Å². The molecule has 1 aliphatic carbocycles. The summed E-state index contributed by atoms with van der Waals surface area (Å²) in [6, 6.07) is 0.646. The fraction of sp³-hybridized carbons (Fsp3) is 1.00. The summed E-state index contributed by atoms with van der Waals surface area (Å²) < 4.78 is 13.9. The highest BCUT2D eigenvalue weighted by molar-refractivity contribution is 7.83. The van der Waals surface area contributed by atoms with Crippen molar-refractivity contribution in [1.29, 1.82) is 0 Å². The zero-order chi connectivity index (χ0) is 9.26. The molecule has 0 aromatic carbocycles. The normalized spacial score (nSPS) is 29.0. The van der Waals surface area contributed by atoms with Gasteiger partial charge in [-0.15, -0.1) is 0 Å². The molecule has 4 heteroatoms. The van der Waals surface area contributed by atoms with Crippen LogP contribution in [0.15, 0.2) is 0 Å². The Morgan fingerprint density at radius 2 is 1.85 bits per heavy atom. The first kappa shape index (κ1) is 9.62. The number of rotatable bonds is 3. The van der Waals surface area contributed by atoms with E-state index < -0.39 is 11.0 Å². The fourth-order valence-corrected chi connectivity index (χ4v) is 3.34. The van der Waals surface area contributed by atoms with Gasteiger partial charge in [-0.2, -0.15) is 0 Å². The van der Waals surface area contributed by atoms with Gasteiger partial charge in [-0.3, -0.25) is 0 Å². The van der Waals surface area contributed by atoms with Crippen molar-refractivity contribution < 1.29 is 4.21 Å². The highest BCUT2D eigenvalue weighted by Gasteiger charge is 2.33. The SMILES string of the molecule is CNC1CCN(S(=O)C2CC2)CC1. The predicted molar refractivity (Wildman–Crippen MR) is 54.8 cm³/mol. The van der Waals surface area contributed by atoms with Crippen molar-refractivity contribution in [3.8, 4) is 0 Å². The van der Waals surface area contributed by atoms with Crippen LogP contribution in [-0.2, 0) is 11.0 Å². The van der Waals surface area contributed by atoms with E-state index in [1.54, 1.807) is 0 Å². The van der Waals surface area contributed by atoms with E-state index in [-0.39, 0.29) is 0 Å². The Kier molecular flexibility index (Phi) is 3.01. The van der Waals surface area contributed by atoms with E-state index in [9.17, 15) is 4.21 Å². The number of nitrogens with one attached hydrogen (secondary N) is 1. The number of nitrogens with zero attached hydrogens (tertiary/aromatic N) is 1. The molecule has 0 spiro atoms. The Labute approximate surface area is 82.5 Å². The fourth-order valence-electron chi connectivity index (χ4n) is 1.80. The molecular formula is C9H18N2OS. The average molecular weight is 202 g/mol. The molecule has 2 rings (SSSR count). The van der Waals surface area contributed by atoms with Gasteiger partial charge in [-0.1, -0.05) is 0 Å². The standard InChI is InChI=1S/C9H18N2OS/c1-10-8-4-6-11(7-5-8)13(12)9-2-3-9/h8-10H,2-7H2,1H3. The zero-order valence-corrected chi connectivity index (χ0v) is 8.98. The van der Waals surface area contributed by atoms with Crippen molar-refractivity contribution in [2.24, 2.45) is 0 Å². The highest BCUT2D eigenvalue weighted by Crippen LogP contribution is 2.29. The van der Waals surface area contributed by atoms with Gasteiger partial charge in [-0.05, 0) is 32.7 Å². The Balaban J connectivity index is 1.79. The number of hydrogen-bond acceptors (Lipinski definition) is 2. The summed E-state index contributed by atoms with van der Waals surface area (Å²) >= 11 is 0. The van der Waals surface area contributed by atoms with E-state index in [4.69, 9.17) is 0 Å². The molecule has 1 heterocycles. The molecule has 0 amide bonds. The molecule has 0 aromatic rings. The van der Waals surface area contributed by atoms with Crippen LogP contribution < -0.4 is 5.32 Å². The van der Waals surface area contributed by atoms with Gasteiger partial charge in [0.1, 0.15) is 0 Å². The summed E-state index contributed by atoms with van der Waals surface area (Å²) in [7, 11) is 1.35. The molecule has 1 N–H and O–H groups in total. The van der Waals surface area contributed by atoms with E-state index in [1.165, 1.54) is 12.8 Å². The van der Waals surface area contributed by atoms with E-state index in [0.717, 1.165) is 25.9 Å². The Bertz CT molecular complexity index is 198. The summed E-state index contributed by atoms with van der Waals surface area (Å²) in [5.41, 5.74) is 0. The lowest BCUT2D eigenvalue weighted by molar-refractivity contribution is 0.310. The molecule has 1 unspecified atom stereocenters. The second-order valence-electron chi connectivity index (χ2n) is 3.97. The maximum atomic E-state index is 11.8. The number of hydrogen-bond donors (Lipinski definition) is 1. The Hall–Kier alpha value is 0.0700. The third kappa shape index (κ3) is 2.30. The molecule has 0 bridgehead atoms. The Morgan fingerprint density at radius 1 is 1.23 bits per heavy atom. The zero-order valence-electron chi connectivity index (χ0n) is 8.16. The minimum atomic E-state index is -0.658. The first-order chi connectivity index (χ1) is 6.31. The minimum Gasteiger partial charge on any atom is -0.317 e. The summed E-state index contributed by atoms with van der Waals surface area (Å²) in [5.74, 6) is 0. The summed E-state index contributed by atoms with van der Waals surface area (Å²) in [4.78, 5) is 0. The van der Waals surface area contributed by atoms with E-state index in [1.807, 2.05) is 7.05 Å². The molecule has 13 heavy (non-hydrogen) atoms. The first-order valence-electron chi connectivity index (χ1n) is 5.14. The van der Waals surface area contributed by atoms with Crippen LogP contribution in [0.3, 0.4) is 0 Å². The average Bonchev–Trinajstić information content (AvgIpc) is 3.00. The van der Waals surface area contributed by atoms with Crippen molar-refractivity contribution in [2.45, 2.75) is 37.0 Å². The largest absolute Gasteiger partial charge is 0.317 e. The van der Waals surface area contributed by atoms with Crippen LogP contribution in [0.4, 0.5) is 0 Å². The molecule has 1 saturated carbocycles. The third-order valence-electron chi connectivity index (χ3n) is 2.93. The summed E-state index contributed by atoms with van der Waals surface area (Å²) in [6.07, 6.45) is 4.65. The van der Waals surface area contributed by atoms with Crippen LogP contribution in [0.1, 0.15) is 25.7 Å². The van der Waals surface area contributed by atoms with Crippen LogP contribution in [0.25, 0.3) is 0 Å². The molecule has 76 valence electrons. The van der Waals surface area contributed by atoms with Crippen molar-refractivity contribution in [3.63, 3.8) is 0 Å². The van der Waals surface area contributed by atoms with Gasteiger partial charge in [0, 0.05) is 24.4 Å². The maximum Gasteiger partial charge on any atom is 0.0974 e. The van der Waals surface area contributed by atoms with Gasteiger partial charge >= 0.3 is 0 Å². The summed E-state index contributed by atoms with van der Waals surface area (Å²) in [5, 5.41) is 3.79. The molecule has 0 radical (unpaired) electrons. The minimum absolute atomic E-state index is 0.506. The molecule has 2 aliphatic rings. The van der Waals surface area contributed by atoms with Crippen molar-refractivity contribution >= 4 is 11.0 Å². The van der Waals surface area contributed by atoms with Crippen LogP contribution in [-0.4, -0.2) is 39.9 Å².